The fourth-order valence-corrected chi connectivity index (χ4v) is 2.90. The number of thiophene rings is 1. The van der Waals surface area contributed by atoms with Crippen LogP contribution < -0.4 is 10.1 Å². The lowest BCUT2D eigenvalue weighted by atomic mass is 10.3. The third-order valence-electron chi connectivity index (χ3n) is 2.31. The number of rotatable bonds is 5. The normalized spacial score (nSPS) is 10.2. The lowest BCUT2D eigenvalue weighted by Gasteiger charge is -2.07. The molecule has 1 aromatic heterocycles. The summed E-state index contributed by atoms with van der Waals surface area (Å²) < 4.78 is 6.56. The maximum atomic E-state index is 5.40. The highest BCUT2D eigenvalue weighted by atomic mass is 79.9. The average Bonchev–Trinajstić information content (AvgIpc) is 2.75. The largest absolute Gasteiger partial charge is 0.494 e. The minimum absolute atomic E-state index is 0.703. The van der Waals surface area contributed by atoms with Gasteiger partial charge in [0.05, 0.1) is 13.2 Å². The van der Waals surface area contributed by atoms with Crippen molar-refractivity contribution < 1.29 is 4.74 Å². The van der Waals surface area contributed by atoms with Crippen LogP contribution in [0.25, 0.3) is 0 Å². The molecular weight excluding hydrogens is 298 g/mol. The molecule has 0 saturated heterocycles. The lowest BCUT2D eigenvalue weighted by Crippen LogP contribution is -1.98. The zero-order chi connectivity index (χ0) is 12.1. The first-order valence-corrected chi connectivity index (χ1v) is 7.15. The molecule has 0 bridgehead atoms. The van der Waals surface area contributed by atoms with Crippen molar-refractivity contribution in [1.82, 2.24) is 0 Å². The minimum atomic E-state index is 0.703. The second-order valence-electron chi connectivity index (χ2n) is 3.50. The number of benzene rings is 1. The second-order valence-corrected chi connectivity index (χ2v) is 5.36. The van der Waals surface area contributed by atoms with Crippen LogP contribution in [0, 0.1) is 0 Å². The topological polar surface area (TPSA) is 21.3 Å². The Morgan fingerprint density at radius 1 is 1.24 bits per heavy atom. The molecule has 0 aliphatic heterocycles. The molecule has 0 saturated carbocycles. The molecule has 2 nitrogen and oxygen atoms in total. The highest BCUT2D eigenvalue weighted by molar-refractivity contribution is 9.10. The molecule has 0 radical (unpaired) electrons. The zero-order valence-electron chi connectivity index (χ0n) is 9.57. The van der Waals surface area contributed by atoms with Crippen molar-refractivity contribution in [2.75, 3.05) is 11.9 Å². The minimum Gasteiger partial charge on any atom is -0.494 e. The second kappa shape index (κ2) is 6.07. The van der Waals surface area contributed by atoms with Gasteiger partial charge in [-0.1, -0.05) is 0 Å². The van der Waals surface area contributed by atoms with Gasteiger partial charge in [0.1, 0.15) is 5.75 Å². The summed E-state index contributed by atoms with van der Waals surface area (Å²) in [4.78, 5) is 1.30. The summed E-state index contributed by atoms with van der Waals surface area (Å²) in [7, 11) is 0. The maximum Gasteiger partial charge on any atom is 0.119 e. The Morgan fingerprint density at radius 3 is 2.59 bits per heavy atom. The summed E-state index contributed by atoms with van der Waals surface area (Å²) in [6.45, 7) is 3.53. The third kappa shape index (κ3) is 3.48. The molecule has 0 aliphatic carbocycles. The molecule has 0 fully saturated rings. The van der Waals surface area contributed by atoms with Crippen LogP contribution in [0.5, 0.6) is 5.75 Å². The van der Waals surface area contributed by atoms with E-state index in [4.69, 9.17) is 4.74 Å². The van der Waals surface area contributed by atoms with Crippen LogP contribution in [0.4, 0.5) is 5.69 Å². The fourth-order valence-electron chi connectivity index (χ4n) is 1.47. The van der Waals surface area contributed by atoms with Gasteiger partial charge < -0.3 is 10.1 Å². The van der Waals surface area contributed by atoms with E-state index in [0.29, 0.717) is 6.61 Å². The van der Waals surface area contributed by atoms with Gasteiger partial charge in [0.15, 0.2) is 0 Å². The first kappa shape index (κ1) is 12.5. The van der Waals surface area contributed by atoms with Crippen molar-refractivity contribution in [2.45, 2.75) is 13.5 Å². The summed E-state index contributed by atoms with van der Waals surface area (Å²) in [5, 5.41) is 5.46. The van der Waals surface area contributed by atoms with Gasteiger partial charge >= 0.3 is 0 Å². The zero-order valence-corrected chi connectivity index (χ0v) is 12.0. The number of ether oxygens (including phenoxy) is 1. The lowest BCUT2D eigenvalue weighted by molar-refractivity contribution is 0.340. The van der Waals surface area contributed by atoms with Crippen LogP contribution in [-0.2, 0) is 6.54 Å². The molecule has 2 aromatic rings. The summed E-state index contributed by atoms with van der Waals surface area (Å²) in [6, 6.07) is 10.1. The Labute approximate surface area is 114 Å². The van der Waals surface area contributed by atoms with Crippen LogP contribution >= 0.6 is 27.3 Å². The van der Waals surface area contributed by atoms with Crippen LogP contribution in [0.2, 0.25) is 0 Å². The van der Waals surface area contributed by atoms with E-state index in [9.17, 15) is 0 Å². The molecule has 1 aromatic carbocycles. The van der Waals surface area contributed by atoms with Crippen molar-refractivity contribution in [1.29, 1.82) is 0 Å². The maximum absolute atomic E-state index is 5.40. The highest BCUT2D eigenvalue weighted by Gasteiger charge is 2.01. The SMILES string of the molecule is CCOc1ccc(NCc2sccc2Br)cc1. The van der Waals surface area contributed by atoms with Crippen molar-refractivity contribution in [3.63, 3.8) is 0 Å². The van der Waals surface area contributed by atoms with E-state index in [1.807, 2.05) is 31.2 Å². The van der Waals surface area contributed by atoms with Crippen molar-refractivity contribution in [3.8, 4) is 5.75 Å². The van der Waals surface area contributed by atoms with E-state index in [1.165, 1.54) is 9.35 Å². The number of halogens is 1. The molecule has 0 atom stereocenters. The molecule has 2 rings (SSSR count). The molecule has 1 heterocycles. The van der Waals surface area contributed by atoms with Crippen molar-refractivity contribution >= 4 is 33.0 Å². The van der Waals surface area contributed by atoms with Crippen LogP contribution in [0.15, 0.2) is 40.2 Å². The Bertz CT molecular complexity index is 467. The summed E-state index contributed by atoms with van der Waals surface area (Å²) in [6.07, 6.45) is 0. The molecule has 0 spiro atoms. The molecule has 0 amide bonds. The number of nitrogens with one attached hydrogen (secondary N) is 1. The third-order valence-corrected chi connectivity index (χ3v) is 4.24. The van der Waals surface area contributed by atoms with E-state index in [1.54, 1.807) is 11.3 Å². The first-order valence-electron chi connectivity index (χ1n) is 5.48. The number of anilines is 1. The molecule has 1 N–H and O–H groups in total. The molecule has 17 heavy (non-hydrogen) atoms. The quantitative estimate of drug-likeness (QED) is 0.876. The Balaban J connectivity index is 1.93. The van der Waals surface area contributed by atoms with Gasteiger partial charge in [-0.05, 0) is 58.6 Å². The Morgan fingerprint density at radius 2 is 2.00 bits per heavy atom. The Kier molecular flexibility index (Phi) is 4.45. The van der Waals surface area contributed by atoms with E-state index >= 15 is 0 Å². The highest BCUT2D eigenvalue weighted by Crippen LogP contribution is 2.24. The molecule has 0 aliphatic rings. The molecular formula is C13H14BrNOS. The van der Waals surface area contributed by atoms with Gasteiger partial charge in [-0.15, -0.1) is 11.3 Å². The van der Waals surface area contributed by atoms with Gasteiger partial charge in [0.25, 0.3) is 0 Å². The van der Waals surface area contributed by atoms with E-state index < -0.39 is 0 Å². The Hall–Kier alpha value is -1.00. The van der Waals surface area contributed by atoms with Gasteiger partial charge in [0.2, 0.25) is 0 Å². The van der Waals surface area contributed by atoms with Crippen LogP contribution in [0.1, 0.15) is 11.8 Å². The van der Waals surface area contributed by atoms with E-state index in [-0.39, 0.29) is 0 Å². The molecule has 4 heteroatoms. The van der Waals surface area contributed by atoms with Gasteiger partial charge in [0, 0.05) is 15.0 Å². The summed E-state index contributed by atoms with van der Waals surface area (Å²) >= 11 is 5.27. The molecule has 0 unspecified atom stereocenters. The van der Waals surface area contributed by atoms with Gasteiger partial charge in [-0.25, -0.2) is 0 Å². The predicted molar refractivity (Wildman–Crippen MR) is 77.0 cm³/mol. The first-order chi connectivity index (χ1) is 8.29. The van der Waals surface area contributed by atoms with Crippen molar-refractivity contribution in [3.05, 3.63) is 45.1 Å². The van der Waals surface area contributed by atoms with E-state index in [0.717, 1.165) is 18.0 Å². The monoisotopic (exact) mass is 311 g/mol. The molecule has 90 valence electrons. The summed E-state index contributed by atoms with van der Waals surface area (Å²) in [5.74, 6) is 0.912. The van der Waals surface area contributed by atoms with Gasteiger partial charge in [-0.2, -0.15) is 0 Å². The van der Waals surface area contributed by atoms with Crippen LogP contribution in [0.3, 0.4) is 0 Å². The van der Waals surface area contributed by atoms with Crippen molar-refractivity contribution in [2.24, 2.45) is 0 Å². The fraction of sp³-hybridized carbons (Fsp3) is 0.231. The number of hydrogen-bond donors (Lipinski definition) is 1. The smallest absolute Gasteiger partial charge is 0.119 e. The standard InChI is InChI=1S/C13H14BrNOS/c1-2-16-11-5-3-10(4-6-11)15-9-13-12(14)7-8-17-13/h3-8,15H,2,9H2,1H3. The van der Waals surface area contributed by atoms with Gasteiger partial charge in [-0.3, -0.25) is 0 Å². The van der Waals surface area contributed by atoms with E-state index in [2.05, 4.69) is 32.7 Å². The average molecular weight is 312 g/mol. The summed E-state index contributed by atoms with van der Waals surface area (Å²) in [5.41, 5.74) is 1.11. The predicted octanol–water partition coefficient (Wildman–Crippen LogP) is 4.52. The van der Waals surface area contributed by atoms with Crippen LogP contribution in [-0.4, -0.2) is 6.61 Å². The number of hydrogen-bond acceptors (Lipinski definition) is 3.